The maximum atomic E-state index is 12.6. The van der Waals surface area contributed by atoms with Crippen LogP contribution in [-0.2, 0) is 22.6 Å². The molecule has 1 fully saturated rings. The molecule has 0 spiro atoms. The number of allylic oxidation sites excluding steroid dienone is 2. The Morgan fingerprint density at radius 3 is 2.36 bits per heavy atom. The van der Waals surface area contributed by atoms with Crippen LogP contribution in [0.15, 0.2) is 45.6 Å². The zero-order valence-electron chi connectivity index (χ0n) is 14.0. The lowest BCUT2D eigenvalue weighted by molar-refractivity contribution is -0.140. The van der Waals surface area contributed by atoms with E-state index < -0.39 is 5.63 Å². The van der Waals surface area contributed by atoms with Gasteiger partial charge in [-0.2, -0.15) is 0 Å². The fourth-order valence-electron chi connectivity index (χ4n) is 3.82. The third-order valence-electron chi connectivity index (χ3n) is 5.23. The van der Waals surface area contributed by atoms with E-state index in [1.165, 1.54) is 11.0 Å². The van der Waals surface area contributed by atoms with Crippen LogP contribution < -0.4 is 5.63 Å². The molecule has 0 saturated carbocycles. The third-order valence-corrected chi connectivity index (χ3v) is 5.23. The normalized spacial score (nSPS) is 22.7. The summed E-state index contributed by atoms with van der Waals surface area (Å²) >= 11 is 0. The van der Waals surface area contributed by atoms with Gasteiger partial charge in [-0.25, -0.2) is 4.79 Å². The first-order valence-electron chi connectivity index (χ1n) is 8.64. The smallest absolute Gasteiger partial charge is 0.336 e. The van der Waals surface area contributed by atoms with Crippen LogP contribution in [0, 0.1) is 11.8 Å². The lowest BCUT2D eigenvalue weighted by Gasteiger charge is -2.16. The molecule has 0 bridgehead atoms. The number of rotatable bonds is 3. The lowest BCUT2D eigenvalue weighted by atomic mass is 9.85. The van der Waals surface area contributed by atoms with Gasteiger partial charge in [0.15, 0.2) is 0 Å². The van der Waals surface area contributed by atoms with Crippen molar-refractivity contribution in [3.63, 3.8) is 0 Å². The Kier molecular flexibility index (Phi) is 3.79. The van der Waals surface area contributed by atoms with E-state index in [0.29, 0.717) is 24.0 Å². The molecule has 2 heterocycles. The molecule has 2 amide bonds. The molecule has 4 rings (SSSR count). The Morgan fingerprint density at radius 2 is 1.72 bits per heavy atom. The molecule has 128 valence electrons. The number of hydrogen-bond acceptors (Lipinski definition) is 4. The van der Waals surface area contributed by atoms with Gasteiger partial charge in [-0.15, -0.1) is 0 Å². The van der Waals surface area contributed by atoms with Crippen LogP contribution in [0.3, 0.4) is 0 Å². The van der Waals surface area contributed by atoms with Crippen molar-refractivity contribution in [1.82, 2.24) is 4.90 Å². The van der Waals surface area contributed by atoms with Gasteiger partial charge in [0, 0.05) is 11.5 Å². The predicted molar refractivity (Wildman–Crippen MR) is 92.8 cm³/mol. The molecular weight excluding hydrogens is 318 g/mol. The summed E-state index contributed by atoms with van der Waals surface area (Å²) in [5, 5.41) is 0.769. The summed E-state index contributed by atoms with van der Waals surface area (Å²) in [5.74, 6) is -0.775. The maximum absolute atomic E-state index is 12.6. The molecule has 2 aliphatic rings. The quantitative estimate of drug-likeness (QED) is 0.491. The van der Waals surface area contributed by atoms with E-state index in [1.807, 2.05) is 37.3 Å². The molecule has 2 atom stereocenters. The van der Waals surface area contributed by atoms with E-state index in [-0.39, 0.29) is 30.2 Å². The molecule has 2 aromatic rings. The summed E-state index contributed by atoms with van der Waals surface area (Å²) in [7, 11) is 0. The van der Waals surface area contributed by atoms with Crippen LogP contribution in [0.1, 0.15) is 30.9 Å². The lowest BCUT2D eigenvalue weighted by Crippen LogP contribution is -2.31. The molecule has 0 unspecified atom stereocenters. The van der Waals surface area contributed by atoms with Crippen LogP contribution in [0.4, 0.5) is 0 Å². The molecule has 1 aliphatic carbocycles. The van der Waals surface area contributed by atoms with Gasteiger partial charge in [-0.05, 0) is 36.5 Å². The van der Waals surface area contributed by atoms with Gasteiger partial charge < -0.3 is 4.42 Å². The molecule has 0 radical (unpaired) electrons. The number of hydrogen-bond donors (Lipinski definition) is 0. The minimum Gasteiger partial charge on any atom is -0.423 e. The fourth-order valence-corrected chi connectivity index (χ4v) is 3.82. The summed E-state index contributed by atoms with van der Waals surface area (Å²) in [6, 6.07) is 7.10. The predicted octanol–water partition coefficient (Wildman–Crippen LogP) is 2.81. The molecule has 5 heteroatoms. The van der Waals surface area contributed by atoms with Crippen molar-refractivity contribution in [2.24, 2.45) is 11.8 Å². The number of likely N-dealkylation sites (tertiary alicyclic amines) is 1. The molecular formula is C20H19NO4. The summed E-state index contributed by atoms with van der Waals surface area (Å²) in [5.41, 5.74) is 1.76. The van der Waals surface area contributed by atoms with E-state index in [0.717, 1.165) is 17.4 Å². The fraction of sp³-hybridized carbons (Fsp3) is 0.350. The zero-order valence-corrected chi connectivity index (χ0v) is 14.0. The highest BCUT2D eigenvalue weighted by atomic mass is 16.4. The number of fused-ring (bicyclic) bond motifs is 2. The summed E-state index contributed by atoms with van der Waals surface area (Å²) < 4.78 is 5.30. The number of nitrogens with zero attached hydrogens (tertiary/aromatic N) is 1. The summed E-state index contributed by atoms with van der Waals surface area (Å²) in [6.45, 7) is 2.15. The Hall–Kier alpha value is -2.69. The van der Waals surface area contributed by atoms with Crippen LogP contribution >= 0.6 is 0 Å². The van der Waals surface area contributed by atoms with Gasteiger partial charge in [-0.3, -0.25) is 14.5 Å². The van der Waals surface area contributed by atoms with Crippen molar-refractivity contribution in [1.29, 1.82) is 0 Å². The largest absolute Gasteiger partial charge is 0.423 e. The van der Waals surface area contributed by atoms with Gasteiger partial charge >= 0.3 is 5.63 Å². The second kappa shape index (κ2) is 5.99. The molecule has 25 heavy (non-hydrogen) atoms. The van der Waals surface area contributed by atoms with E-state index in [9.17, 15) is 14.4 Å². The number of amides is 2. The van der Waals surface area contributed by atoms with Crippen molar-refractivity contribution in [2.45, 2.75) is 32.7 Å². The molecule has 5 nitrogen and oxygen atoms in total. The number of carbonyl (C=O) groups is 2. The monoisotopic (exact) mass is 337 g/mol. The Morgan fingerprint density at radius 1 is 1.04 bits per heavy atom. The topological polar surface area (TPSA) is 67.6 Å². The van der Waals surface area contributed by atoms with Gasteiger partial charge in [0.2, 0.25) is 11.8 Å². The first-order valence-corrected chi connectivity index (χ1v) is 8.64. The molecule has 1 aliphatic heterocycles. The van der Waals surface area contributed by atoms with Crippen LogP contribution in [0.5, 0.6) is 0 Å². The molecule has 1 aromatic heterocycles. The number of carbonyl (C=O) groups excluding carboxylic acids is 2. The Labute approximate surface area is 144 Å². The van der Waals surface area contributed by atoms with Gasteiger partial charge in [0.25, 0.3) is 0 Å². The van der Waals surface area contributed by atoms with Gasteiger partial charge in [-0.1, -0.05) is 31.2 Å². The van der Waals surface area contributed by atoms with E-state index in [1.54, 1.807) is 0 Å². The van der Waals surface area contributed by atoms with Crippen LogP contribution in [0.2, 0.25) is 0 Å². The standard InChI is InChI=1S/C20H19NO4/c1-2-12-7-8-14-13(10-18(22)25-17(14)9-12)11-21-19(23)15-5-3-4-6-16(15)20(21)24/h3-4,7-10,15-16H,2,5-6,11H2,1H3/t15-,16-/m1/s1. The second-order valence-corrected chi connectivity index (χ2v) is 6.69. The first-order chi connectivity index (χ1) is 12.1. The average molecular weight is 337 g/mol. The maximum Gasteiger partial charge on any atom is 0.336 e. The van der Waals surface area contributed by atoms with Crippen LogP contribution in [-0.4, -0.2) is 16.7 Å². The van der Waals surface area contributed by atoms with Crippen molar-refractivity contribution < 1.29 is 14.0 Å². The van der Waals surface area contributed by atoms with Gasteiger partial charge in [0.05, 0.1) is 18.4 Å². The second-order valence-electron chi connectivity index (χ2n) is 6.69. The van der Waals surface area contributed by atoms with Crippen molar-refractivity contribution in [3.8, 4) is 0 Å². The number of benzene rings is 1. The molecule has 1 aromatic carbocycles. The van der Waals surface area contributed by atoms with E-state index in [4.69, 9.17) is 4.42 Å². The molecule has 0 N–H and O–H groups in total. The highest BCUT2D eigenvalue weighted by Gasteiger charge is 2.47. The Bertz CT molecular complexity index is 930. The number of aryl methyl sites for hydroxylation is 1. The van der Waals surface area contributed by atoms with Gasteiger partial charge in [0.1, 0.15) is 5.58 Å². The highest BCUT2D eigenvalue weighted by Crippen LogP contribution is 2.36. The van der Waals surface area contributed by atoms with E-state index in [2.05, 4.69) is 0 Å². The SMILES string of the molecule is CCc1ccc2c(CN3C(=O)[C@@H]4CC=CC[C@H]4C3=O)cc(=O)oc2c1. The Balaban J connectivity index is 1.72. The zero-order chi connectivity index (χ0) is 17.6. The van der Waals surface area contributed by atoms with Crippen molar-refractivity contribution >= 4 is 22.8 Å². The summed E-state index contributed by atoms with van der Waals surface area (Å²) in [6.07, 6.45) is 6.00. The minimum absolute atomic E-state index is 0.123. The highest BCUT2D eigenvalue weighted by molar-refractivity contribution is 6.05. The molecule has 1 saturated heterocycles. The third kappa shape index (κ3) is 2.60. The van der Waals surface area contributed by atoms with Crippen molar-refractivity contribution in [2.75, 3.05) is 0 Å². The van der Waals surface area contributed by atoms with Crippen LogP contribution in [0.25, 0.3) is 11.0 Å². The number of imide groups is 1. The first kappa shape index (κ1) is 15.8. The summed E-state index contributed by atoms with van der Waals surface area (Å²) in [4.78, 5) is 38.5. The van der Waals surface area contributed by atoms with E-state index >= 15 is 0 Å². The van der Waals surface area contributed by atoms with Crippen molar-refractivity contribution in [3.05, 3.63) is 58.0 Å². The minimum atomic E-state index is -0.464. The average Bonchev–Trinajstić information content (AvgIpc) is 2.86.